The van der Waals surface area contributed by atoms with Crippen LogP contribution in [-0.4, -0.2) is 38.1 Å². The zero-order chi connectivity index (χ0) is 24.6. The molecule has 1 atom stereocenters. The number of halogens is 1. The Morgan fingerprint density at radius 3 is 2.18 bits per heavy atom. The van der Waals surface area contributed by atoms with Crippen molar-refractivity contribution in [1.82, 2.24) is 0 Å². The first-order chi connectivity index (χ1) is 16.3. The lowest BCUT2D eigenvalue weighted by atomic mass is 9.97. The number of ether oxygens (including phenoxy) is 3. The third kappa shape index (κ3) is 3.78. The van der Waals surface area contributed by atoms with Crippen LogP contribution in [0, 0.1) is 6.92 Å². The number of thiophene rings is 1. The summed E-state index contributed by atoms with van der Waals surface area (Å²) in [5.41, 5.74) is 1.40. The van der Waals surface area contributed by atoms with E-state index in [-0.39, 0.29) is 21.9 Å². The summed E-state index contributed by atoms with van der Waals surface area (Å²) < 4.78 is 16.1. The SMILES string of the molecule is COc1ccc(N2C(=O)C(=O)/C(=C(/O)c3c(OC)cccc3OC)C2c2sccc2C)cc1Cl. The minimum atomic E-state index is -0.876. The number of hydrogen-bond donors (Lipinski definition) is 1. The summed E-state index contributed by atoms with van der Waals surface area (Å²) in [4.78, 5) is 28.8. The molecule has 2 aromatic carbocycles. The van der Waals surface area contributed by atoms with Gasteiger partial charge in [0, 0.05) is 10.6 Å². The molecule has 0 radical (unpaired) electrons. The highest BCUT2D eigenvalue weighted by molar-refractivity contribution is 7.10. The Labute approximate surface area is 205 Å². The van der Waals surface area contributed by atoms with Crippen LogP contribution in [0.5, 0.6) is 17.2 Å². The number of nitrogens with zero attached hydrogens (tertiary/aromatic N) is 1. The average Bonchev–Trinajstić information content (AvgIpc) is 3.37. The number of aliphatic hydroxyl groups is 1. The number of hydrogen-bond acceptors (Lipinski definition) is 7. The fourth-order valence-electron chi connectivity index (χ4n) is 4.04. The van der Waals surface area contributed by atoms with Crippen LogP contribution in [0.25, 0.3) is 5.76 Å². The van der Waals surface area contributed by atoms with Crippen molar-refractivity contribution in [3.8, 4) is 17.2 Å². The third-order valence-corrected chi connectivity index (χ3v) is 7.04. The van der Waals surface area contributed by atoms with Gasteiger partial charge in [0.25, 0.3) is 11.7 Å². The number of rotatable bonds is 6. The van der Waals surface area contributed by atoms with Gasteiger partial charge >= 0.3 is 0 Å². The van der Waals surface area contributed by atoms with Crippen LogP contribution in [0.3, 0.4) is 0 Å². The van der Waals surface area contributed by atoms with Crippen molar-refractivity contribution in [1.29, 1.82) is 0 Å². The van der Waals surface area contributed by atoms with Gasteiger partial charge in [-0.1, -0.05) is 17.7 Å². The van der Waals surface area contributed by atoms with Crippen molar-refractivity contribution in [3.63, 3.8) is 0 Å². The van der Waals surface area contributed by atoms with Crippen LogP contribution in [-0.2, 0) is 9.59 Å². The van der Waals surface area contributed by atoms with E-state index >= 15 is 0 Å². The molecule has 1 saturated heterocycles. The third-order valence-electron chi connectivity index (χ3n) is 5.67. The molecule has 1 fully saturated rings. The number of carbonyl (C=O) groups is 2. The molecule has 0 spiro atoms. The monoisotopic (exact) mass is 499 g/mol. The molecule has 9 heteroatoms. The minimum absolute atomic E-state index is 0.0645. The van der Waals surface area contributed by atoms with Crippen LogP contribution < -0.4 is 19.1 Å². The number of aliphatic hydroxyl groups excluding tert-OH is 1. The van der Waals surface area contributed by atoms with E-state index in [9.17, 15) is 14.7 Å². The minimum Gasteiger partial charge on any atom is -0.506 e. The Bertz CT molecular complexity index is 1290. The van der Waals surface area contributed by atoms with Gasteiger partial charge in [0.05, 0.1) is 31.9 Å². The normalized spacial score (nSPS) is 17.2. The molecule has 1 aromatic heterocycles. The zero-order valence-corrected chi connectivity index (χ0v) is 20.5. The van der Waals surface area contributed by atoms with E-state index in [1.807, 2.05) is 18.4 Å². The van der Waals surface area contributed by atoms with Gasteiger partial charge in [0.1, 0.15) is 34.6 Å². The molecular weight excluding hydrogens is 478 g/mol. The standard InChI is InChI=1S/C25H22ClNO6S/c1-13-10-11-34-24(13)21-20(22(28)19-17(32-3)6-5-7-18(19)33-4)23(29)25(30)27(21)14-8-9-16(31-2)15(26)12-14/h5-12,21,28H,1-4H3/b22-20+. The summed E-state index contributed by atoms with van der Waals surface area (Å²) in [6, 6.07) is 10.8. The Morgan fingerprint density at radius 2 is 1.65 bits per heavy atom. The molecule has 1 amide bonds. The quantitative estimate of drug-likeness (QED) is 0.279. The lowest BCUT2D eigenvalue weighted by molar-refractivity contribution is -0.132. The molecule has 1 N–H and O–H groups in total. The van der Waals surface area contributed by atoms with Gasteiger partial charge in [0.2, 0.25) is 0 Å². The number of Topliss-reactive ketones (excluding diaryl/α,β-unsaturated/α-hetero) is 1. The summed E-state index contributed by atoms with van der Waals surface area (Å²) in [5, 5.41) is 13.6. The van der Waals surface area contributed by atoms with E-state index < -0.39 is 17.7 Å². The first-order valence-electron chi connectivity index (χ1n) is 10.2. The number of carbonyl (C=O) groups excluding carboxylic acids is 2. The molecule has 1 unspecified atom stereocenters. The van der Waals surface area contributed by atoms with Crippen molar-refractivity contribution < 1.29 is 28.9 Å². The Kier molecular flexibility index (Phi) is 6.54. The lowest BCUT2D eigenvalue weighted by Gasteiger charge is -2.25. The fourth-order valence-corrected chi connectivity index (χ4v) is 5.31. The second kappa shape index (κ2) is 9.40. The van der Waals surface area contributed by atoms with E-state index in [0.29, 0.717) is 22.9 Å². The zero-order valence-electron chi connectivity index (χ0n) is 18.9. The smallest absolute Gasteiger partial charge is 0.300 e. The van der Waals surface area contributed by atoms with E-state index in [1.54, 1.807) is 36.4 Å². The average molecular weight is 500 g/mol. The summed E-state index contributed by atoms with van der Waals surface area (Å²) in [6.07, 6.45) is 0. The molecule has 3 aromatic rings. The van der Waals surface area contributed by atoms with Crippen LogP contribution in [0.1, 0.15) is 22.0 Å². The van der Waals surface area contributed by atoms with Crippen molar-refractivity contribution >= 4 is 46.1 Å². The molecule has 176 valence electrons. The van der Waals surface area contributed by atoms with Crippen LogP contribution in [0.4, 0.5) is 5.69 Å². The second-order valence-electron chi connectivity index (χ2n) is 7.49. The predicted octanol–water partition coefficient (Wildman–Crippen LogP) is 5.36. The molecule has 1 aliphatic heterocycles. The van der Waals surface area contributed by atoms with E-state index in [1.165, 1.54) is 37.6 Å². The molecule has 7 nitrogen and oxygen atoms in total. The highest BCUT2D eigenvalue weighted by atomic mass is 35.5. The number of ketones is 1. The Balaban J connectivity index is 2.00. The van der Waals surface area contributed by atoms with Gasteiger partial charge in [-0.05, 0) is 54.3 Å². The summed E-state index contributed by atoms with van der Waals surface area (Å²) in [5.74, 6) is -0.948. The molecule has 34 heavy (non-hydrogen) atoms. The molecule has 0 aliphatic carbocycles. The van der Waals surface area contributed by atoms with Gasteiger partial charge < -0.3 is 19.3 Å². The van der Waals surface area contributed by atoms with Gasteiger partial charge in [-0.15, -0.1) is 11.3 Å². The van der Waals surface area contributed by atoms with Gasteiger partial charge in [-0.2, -0.15) is 0 Å². The van der Waals surface area contributed by atoms with Gasteiger partial charge in [-0.25, -0.2) is 0 Å². The molecular formula is C25H22ClNO6S. The van der Waals surface area contributed by atoms with Crippen LogP contribution in [0.15, 0.2) is 53.4 Å². The van der Waals surface area contributed by atoms with Gasteiger partial charge in [0.15, 0.2) is 0 Å². The highest BCUT2D eigenvalue weighted by Gasteiger charge is 2.48. The topological polar surface area (TPSA) is 85.3 Å². The highest BCUT2D eigenvalue weighted by Crippen LogP contribution is 2.47. The Hall–Kier alpha value is -3.49. The van der Waals surface area contributed by atoms with E-state index in [4.69, 9.17) is 25.8 Å². The summed E-state index contributed by atoms with van der Waals surface area (Å²) >= 11 is 7.72. The first kappa shape index (κ1) is 23.7. The van der Waals surface area contributed by atoms with E-state index in [0.717, 1.165) is 10.4 Å². The summed E-state index contributed by atoms with van der Waals surface area (Å²) in [6.45, 7) is 1.89. The van der Waals surface area contributed by atoms with Crippen LogP contribution >= 0.6 is 22.9 Å². The van der Waals surface area contributed by atoms with Crippen molar-refractivity contribution in [3.05, 3.63) is 74.4 Å². The summed E-state index contributed by atoms with van der Waals surface area (Å²) in [7, 11) is 4.39. The number of anilines is 1. The molecule has 1 aliphatic rings. The molecule has 2 heterocycles. The van der Waals surface area contributed by atoms with Crippen molar-refractivity contribution in [2.45, 2.75) is 13.0 Å². The second-order valence-corrected chi connectivity index (χ2v) is 8.85. The molecule has 0 saturated carbocycles. The maximum atomic E-state index is 13.4. The first-order valence-corrected chi connectivity index (χ1v) is 11.5. The molecule has 0 bridgehead atoms. The fraction of sp³-hybridized carbons (Fsp3) is 0.200. The maximum Gasteiger partial charge on any atom is 0.300 e. The Morgan fingerprint density at radius 1 is 1.00 bits per heavy atom. The lowest BCUT2D eigenvalue weighted by Crippen LogP contribution is -2.29. The maximum absolute atomic E-state index is 13.4. The van der Waals surface area contributed by atoms with Crippen molar-refractivity contribution in [2.75, 3.05) is 26.2 Å². The largest absolute Gasteiger partial charge is 0.506 e. The number of amides is 1. The van der Waals surface area contributed by atoms with E-state index in [2.05, 4.69) is 0 Å². The number of benzene rings is 2. The number of aryl methyl sites for hydroxylation is 1. The predicted molar refractivity (Wildman–Crippen MR) is 131 cm³/mol. The van der Waals surface area contributed by atoms with Crippen molar-refractivity contribution in [2.24, 2.45) is 0 Å². The molecule has 4 rings (SSSR count). The van der Waals surface area contributed by atoms with Crippen LogP contribution in [0.2, 0.25) is 5.02 Å². The number of methoxy groups -OCH3 is 3. The van der Waals surface area contributed by atoms with Gasteiger partial charge in [-0.3, -0.25) is 14.5 Å².